The zero-order chi connectivity index (χ0) is 57.1. The molecule has 450 valence electrons. The second kappa shape index (κ2) is 22.3. The summed E-state index contributed by atoms with van der Waals surface area (Å²) in [6, 6.07) is 0. The fourth-order valence-corrected chi connectivity index (χ4v) is 16.7. The summed E-state index contributed by atoms with van der Waals surface area (Å²) < 4.78 is 48.4. The molecule has 4 aliphatic heterocycles. The Hall–Kier alpha value is -1.22. The minimum Gasteiger partial charge on any atom is -0.396 e. The van der Waals surface area contributed by atoms with Crippen molar-refractivity contribution in [1.29, 1.82) is 0 Å². The van der Waals surface area contributed by atoms with Crippen molar-refractivity contribution in [3.05, 3.63) is 11.6 Å². The first-order valence-corrected chi connectivity index (χ1v) is 28.0. The molecule has 4 saturated heterocycles. The Bertz CT molecular complexity index is 2110. The van der Waals surface area contributed by atoms with E-state index in [0.29, 0.717) is 44.9 Å². The summed E-state index contributed by atoms with van der Waals surface area (Å²) in [5.41, 5.74) is -2.78. The van der Waals surface area contributed by atoms with E-state index in [1.807, 2.05) is 20.8 Å². The van der Waals surface area contributed by atoms with E-state index < -0.39 is 188 Å². The normalized spacial score (nSPS) is 56.2. The molecule has 0 spiro atoms. The molecule has 24 nitrogen and oxygen atoms in total. The van der Waals surface area contributed by atoms with Crippen molar-refractivity contribution in [2.45, 2.75) is 241 Å². The maximum atomic E-state index is 12.6. The fraction of sp³-hybridized carbons (Fsp3) is 0.963. The molecular formula is C54H90O24. The van der Waals surface area contributed by atoms with Crippen LogP contribution in [0, 0.1) is 50.2 Å². The predicted octanol–water partition coefficient (Wildman–Crippen LogP) is -3.62. The molecule has 4 saturated carbocycles. The Morgan fingerprint density at radius 1 is 0.500 bits per heavy atom. The molecule has 0 aromatic rings. The Morgan fingerprint density at radius 2 is 1.04 bits per heavy atom. The van der Waals surface area contributed by atoms with Crippen LogP contribution >= 0.6 is 0 Å². The van der Waals surface area contributed by atoms with Crippen molar-refractivity contribution in [3.8, 4) is 0 Å². The summed E-state index contributed by atoms with van der Waals surface area (Å²) in [6.45, 7) is 11.3. The van der Waals surface area contributed by atoms with Crippen molar-refractivity contribution in [3.63, 3.8) is 0 Å². The van der Waals surface area contributed by atoms with E-state index in [0.717, 1.165) is 0 Å². The van der Waals surface area contributed by atoms with Gasteiger partial charge in [0.1, 0.15) is 91.6 Å². The van der Waals surface area contributed by atoms with Gasteiger partial charge in [0.25, 0.3) is 0 Å². The van der Waals surface area contributed by atoms with Crippen LogP contribution in [0.5, 0.6) is 0 Å². The third kappa shape index (κ3) is 9.61. The molecule has 8 fully saturated rings. The number of fused-ring (bicyclic) bond motifs is 7. The summed E-state index contributed by atoms with van der Waals surface area (Å²) in [5.74, 6) is -0.387. The summed E-state index contributed by atoms with van der Waals surface area (Å²) in [5, 5.41) is 175. The Morgan fingerprint density at radius 3 is 1.64 bits per heavy atom. The van der Waals surface area contributed by atoms with E-state index in [1.54, 1.807) is 0 Å². The molecule has 5 aliphatic carbocycles. The molecule has 78 heavy (non-hydrogen) atoms. The van der Waals surface area contributed by atoms with Crippen molar-refractivity contribution < 1.29 is 120 Å². The van der Waals surface area contributed by atoms with E-state index in [-0.39, 0.29) is 42.8 Å². The zero-order valence-corrected chi connectivity index (χ0v) is 45.7. The van der Waals surface area contributed by atoms with Gasteiger partial charge in [-0.3, -0.25) is 0 Å². The number of ether oxygens (including phenoxy) is 8. The van der Waals surface area contributed by atoms with Crippen molar-refractivity contribution in [2.75, 3.05) is 33.0 Å². The van der Waals surface area contributed by atoms with Crippen LogP contribution in [0.3, 0.4) is 0 Å². The van der Waals surface area contributed by atoms with Crippen molar-refractivity contribution in [2.24, 2.45) is 50.2 Å². The highest BCUT2D eigenvalue weighted by molar-refractivity contribution is 5.35. The summed E-state index contributed by atoms with van der Waals surface area (Å²) >= 11 is 0. The van der Waals surface area contributed by atoms with Gasteiger partial charge < -0.3 is 120 Å². The van der Waals surface area contributed by atoms with Crippen LogP contribution in [0.25, 0.3) is 0 Å². The monoisotopic (exact) mass is 1120 g/mol. The lowest BCUT2D eigenvalue weighted by atomic mass is 9.33. The molecule has 31 atom stereocenters. The van der Waals surface area contributed by atoms with Gasteiger partial charge in [-0.25, -0.2) is 0 Å². The number of hydrogen-bond acceptors (Lipinski definition) is 24. The number of hydrogen-bond donors (Lipinski definition) is 16. The van der Waals surface area contributed by atoms with Gasteiger partial charge in [-0.05, 0) is 97.7 Å². The minimum atomic E-state index is -1.90. The largest absolute Gasteiger partial charge is 0.396 e. The molecule has 0 unspecified atom stereocenters. The third-order valence-corrected chi connectivity index (χ3v) is 21.9. The molecule has 0 radical (unpaired) electrons. The first-order valence-electron chi connectivity index (χ1n) is 28.0. The van der Waals surface area contributed by atoms with Gasteiger partial charge >= 0.3 is 0 Å². The minimum absolute atomic E-state index is 0.0409. The Kier molecular flexibility index (Phi) is 17.6. The van der Waals surface area contributed by atoms with E-state index >= 15 is 0 Å². The van der Waals surface area contributed by atoms with Gasteiger partial charge in [-0.15, -0.1) is 0 Å². The zero-order valence-electron chi connectivity index (χ0n) is 45.7. The molecule has 16 N–H and O–H groups in total. The highest BCUT2D eigenvalue weighted by Crippen LogP contribution is 2.76. The maximum Gasteiger partial charge on any atom is 0.187 e. The summed E-state index contributed by atoms with van der Waals surface area (Å²) in [4.78, 5) is 0. The predicted molar refractivity (Wildman–Crippen MR) is 265 cm³/mol. The second-order valence-electron chi connectivity index (χ2n) is 26.3. The van der Waals surface area contributed by atoms with Crippen LogP contribution in [-0.4, -0.2) is 256 Å². The highest BCUT2D eigenvalue weighted by atomic mass is 16.8. The highest BCUT2D eigenvalue weighted by Gasteiger charge is 2.72. The average molecular weight is 1120 g/mol. The van der Waals surface area contributed by atoms with Crippen LogP contribution < -0.4 is 0 Å². The lowest BCUT2D eigenvalue weighted by Gasteiger charge is -2.72. The van der Waals surface area contributed by atoms with E-state index in [1.165, 1.54) is 12.5 Å². The van der Waals surface area contributed by atoms with Crippen molar-refractivity contribution >= 4 is 0 Å². The topological polar surface area (TPSA) is 398 Å². The van der Waals surface area contributed by atoms with Gasteiger partial charge in [-0.1, -0.05) is 53.2 Å². The number of aliphatic hydroxyl groups excluding tert-OH is 16. The second-order valence-corrected chi connectivity index (χ2v) is 26.3. The van der Waals surface area contributed by atoms with Gasteiger partial charge in [0, 0.05) is 10.8 Å². The quantitative estimate of drug-likeness (QED) is 0.0625. The lowest BCUT2D eigenvalue weighted by Crippen LogP contribution is -2.69. The Balaban J connectivity index is 0.941. The standard InChI is InChI=1S/C54H90O24/c1-22-33(61)37(65)40(68)45(71-22)78-44-39(67)35(63)26(18-56)74-48(44)77-43-36(64)27(19-57)73-47(42(43)70)75-31-11-12-50(4)28(51(31,5)20-58)10-13-52(6)29(50)9-8-23-24-14-49(2,3)32(16-54(24,21-59)30(60)15-53(23,52)7)76-46-41(69)38(66)34(62)25(17-55)72-46/h8,22,24-48,55-70H,9-21H2,1-7H3/t22-,24+,25-,26-,27-,28-,29-,30+,31+,32+,33+,34-,35-,36-,37+,38+,39+,40-,41-,42-,43+,44-,45+,46+,47+,48+,50+,51+,52-,53-,54-/m1/s1. The molecule has 0 bridgehead atoms. The average Bonchev–Trinajstić information content (AvgIpc) is 3.60. The number of rotatable bonds is 13. The first-order chi connectivity index (χ1) is 36.6. The smallest absolute Gasteiger partial charge is 0.187 e. The number of allylic oxidation sites excluding steroid dienone is 2. The third-order valence-electron chi connectivity index (χ3n) is 21.9. The maximum absolute atomic E-state index is 12.6. The Labute approximate surface area is 454 Å². The van der Waals surface area contributed by atoms with Gasteiger partial charge in [0.2, 0.25) is 0 Å². The summed E-state index contributed by atoms with van der Waals surface area (Å²) in [6.07, 6.45) is -28.4. The molecule has 9 aliphatic rings. The molecular weight excluding hydrogens is 1030 g/mol. The van der Waals surface area contributed by atoms with Gasteiger partial charge in [0.05, 0.1) is 57.5 Å². The summed E-state index contributed by atoms with van der Waals surface area (Å²) in [7, 11) is 0. The SMILES string of the molecule is C[C@H]1O[C@@H](O[C@H]2[C@H](O[C@@H]3[C@@H](O)[C@H](O[C@H]4CC[C@@]5(C)[C@@H](CC[C@]6(C)[C@@H]5CC=C5[C@@H]7CC(C)(C)[C@@H](O[C@@H]8O[C@H](CO)[C@@H](O)[C@H](O)[C@H]8O)C[C@]7(CO)[C@@H](O)C[C@]56C)[C@]4(C)CO)O[C@H](CO)[C@H]3O)O[C@H](CO)[C@@H](O)[C@@H]2O)[C@H](O)[C@@H](O)[C@H]1O. The van der Waals surface area contributed by atoms with Crippen molar-refractivity contribution in [1.82, 2.24) is 0 Å². The van der Waals surface area contributed by atoms with E-state index in [9.17, 15) is 81.7 Å². The van der Waals surface area contributed by atoms with E-state index in [2.05, 4.69) is 26.8 Å². The molecule has 0 aromatic carbocycles. The molecule has 24 heteroatoms. The van der Waals surface area contributed by atoms with Crippen LogP contribution in [-0.2, 0) is 37.9 Å². The fourth-order valence-electron chi connectivity index (χ4n) is 16.7. The van der Waals surface area contributed by atoms with Gasteiger partial charge in [0.15, 0.2) is 25.2 Å². The molecule has 4 heterocycles. The molecule has 0 amide bonds. The van der Waals surface area contributed by atoms with Crippen LogP contribution in [0.4, 0.5) is 0 Å². The lowest BCUT2D eigenvalue weighted by molar-refractivity contribution is -0.391. The van der Waals surface area contributed by atoms with Crippen LogP contribution in [0.15, 0.2) is 11.6 Å². The number of aliphatic hydroxyl groups is 16. The van der Waals surface area contributed by atoms with Crippen LogP contribution in [0.2, 0.25) is 0 Å². The molecule has 9 rings (SSSR count). The first kappa shape index (κ1) is 61.3. The van der Waals surface area contributed by atoms with Gasteiger partial charge in [-0.2, -0.15) is 0 Å². The van der Waals surface area contributed by atoms with E-state index in [4.69, 9.17) is 37.9 Å². The molecule has 0 aromatic heterocycles. The van der Waals surface area contributed by atoms with Crippen LogP contribution in [0.1, 0.15) is 99.8 Å².